The second-order valence-corrected chi connectivity index (χ2v) is 5.65. The van der Waals surface area contributed by atoms with Crippen LogP contribution in [0.15, 0.2) is 46.0 Å². The van der Waals surface area contributed by atoms with Gasteiger partial charge >= 0.3 is 0 Å². The molecular formula is C15H21BrIN5. The van der Waals surface area contributed by atoms with Crippen molar-refractivity contribution in [3.8, 4) is 0 Å². The highest BCUT2D eigenvalue weighted by Crippen LogP contribution is 2.17. The van der Waals surface area contributed by atoms with Gasteiger partial charge in [-0.1, -0.05) is 34.1 Å². The first-order chi connectivity index (χ1) is 10.1. The Morgan fingerprint density at radius 2 is 2.09 bits per heavy atom. The van der Waals surface area contributed by atoms with Crippen LogP contribution in [0.5, 0.6) is 0 Å². The zero-order valence-electron chi connectivity index (χ0n) is 13.0. The molecule has 0 aliphatic heterocycles. The molecule has 0 unspecified atom stereocenters. The molecule has 0 radical (unpaired) electrons. The number of halogens is 2. The highest BCUT2D eigenvalue weighted by atomic mass is 127. The van der Waals surface area contributed by atoms with Gasteiger partial charge in [-0.25, -0.2) is 0 Å². The first-order valence-corrected chi connectivity index (χ1v) is 7.53. The Hall–Kier alpha value is -1.09. The van der Waals surface area contributed by atoms with Crippen LogP contribution < -0.4 is 5.32 Å². The Labute approximate surface area is 157 Å². The predicted octanol–water partition coefficient (Wildman–Crippen LogP) is 3.01. The number of aryl methyl sites for hydroxylation is 1. The van der Waals surface area contributed by atoms with E-state index in [0.717, 1.165) is 22.7 Å². The molecule has 0 saturated carbocycles. The molecule has 0 aliphatic rings. The summed E-state index contributed by atoms with van der Waals surface area (Å²) in [5.41, 5.74) is 2.34. The highest BCUT2D eigenvalue weighted by Gasteiger charge is 2.09. The normalized spacial score (nSPS) is 11.0. The molecule has 2 rings (SSSR count). The van der Waals surface area contributed by atoms with Gasteiger partial charge in [0.15, 0.2) is 5.96 Å². The SMILES string of the molecule is CN=C(NCc1ccnn1C)N(C)Cc1ccccc1Br.I. The van der Waals surface area contributed by atoms with Gasteiger partial charge in [-0.05, 0) is 17.7 Å². The quantitative estimate of drug-likeness (QED) is 0.418. The van der Waals surface area contributed by atoms with E-state index in [1.807, 2.05) is 37.0 Å². The van der Waals surface area contributed by atoms with E-state index in [1.165, 1.54) is 5.56 Å². The summed E-state index contributed by atoms with van der Waals surface area (Å²) in [6, 6.07) is 10.2. The van der Waals surface area contributed by atoms with Crippen LogP contribution in [0.25, 0.3) is 0 Å². The van der Waals surface area contributed by atoms with Crippen LogP contribution in [0, 0.1) is 0 Å². The number of guanidine groups is 1. The maximum atomic E-state index is 4.33. The van der Waals surface area contributed by atoms with E-state index in [1.54, 1.807) is 13.2 Å². The summed E-state index contributed by atoms with van der Waals surface area (Å²) < 4.78 is 2.97. The smallest absolute Gasteiger partial charge is 0.194 e. The van der Waals surface area contributed by atoms with Crippen LogP contribution in [0.3, 0.4) is 0 Å². The molecule has 7 heteroatoms. The van der Waals surface area contributed by atoms with Crippen LogP contribution in [0.4, 0.5) is 0 Å². The zero-order valence-corrected chi connectivity index (χ0v) is 16.9. The number of hydrogen-bond donors (Lipinski definition) is 1. The second kappa shape index (κ2) is 9.14. The fraction of sp³-hybridized carbons (Fsp3) is 0.333. The molecule has 1 aromatic heterocycles. The van der Waals surface area contributed by atoms with Crippen LogP contribution in [0.2, 0.25) is 0 Å². The number of benzene rings is 1. The molecular weight excluding hydrogens is 457 g/mol. The van der Waals surface area contributed by atoms with E-state index < -0.39 is 0 Å². The van der Waals surface area contributed by atoms with Crippen molar-refractivity contribution in [1.29, 1.82) is 0 Å². The molecule has 0 bridgehead atoms. The molecule has 120 valence electrons. The van der Waals surface area contributed by atoms with E-state index in [0.29, 0.717) is 6.54 Å². The summed E-state index contributed by atoms with van der Waals surface area (Å²) in [5.74, 6) is 0.854. The largest absolute Gasteiger partial charge is 0.351 e. The van der Waals surface area contributed by atoms with Gasteiger partial charge in [0.05, 0.1) is 12.2 Å². The van der Waals surface area contributed by atoms with Crippen LogP contribution in [-0.2, 0) is 20.1 Å². The summed E-state index contributed by atoms with van der Waals surface area (Å²) in [7, 11) is 5.75. The maximum absolute atomic E-state index is 4.33. The Kier molecular flexibility index (Phi) is 7.88. The van der Waals surface area contributed by atoms with Gasteiger partial charge in [-0.2, -0.15) is 5.10 Å². The van der Waals surface area contributed by atoms with Crippen molar-refractivity contribution < 1.29 is 0 Å². The van der Waals surface area contributed by atoms with Crippen LogP contribution in [-0.4, -0.2) is 34.7 Å². The molecule has 0 atom stereocenters. The van der Waals surface area contributed by atoms with E-state index in [-0.39, 0.29) is 24.0 Å². The lowest BCUT2D eigenvalue weighted by Gasteiger charge is -2.22. The Balaban J connectivity index is 0.00000242. The number of aliphatic imine (C=N–C) groups is 1. The third kappa shape index (κ3) is 4.98. The summed E-state index contributed by atoms with van der Waals surface area (Å²) >= 11 is 3.58. The first kappa shape index (κ1) is 19.0. The van der Waals surface area contributed by atoms with Gasteiger partial charge in [0.25, 0.3) is 0 Å². The number of rotatable bonds is 4. The second-order valence-electron chi connectivity index (χ2n) is 4.79. The fourth-order valence-electron chi connectivity index (χ4n) is 2.09. The Morgan fingerprint density at radius 3 is 2.68 bits per heavy atom. The minimum absolute atomic E-state index is 0. The molecule has 1 aromatic carbocycles. The minimum atomic E-state index is 0. The van der Waals surface area contributed by atoms with Gasteiger partial charge < -0.3 is 10.2 Å². The number of nitrogens with one attached hydrogen (secondary N) is 1. The maximum Gasteiger partial charge on any atom is 0.194 e. The molecule has 1 heterocycles. The summed E-state index contributed by atoms with van der Waals surface area (Å²) in [5, 5.41) is 7.51. The van der Waals surface area contributed by atoms with E-state index >= 15 is 0 Å². The first-order valence-electron chi connectivity index (χ1n) is 6.74. The Bertz CT molecular complexity index is 626. The lowest BCUT2D eigenvalue weighted by molar-refractivity contribution is 0.473. The number of nitrogens with zero attached hydrogens (tertiary/aromatic N) is 4. The summed E-state index contributed by atoms with van der Waals surface area (Å²) in [6.45, 7) is 1.48. The summed E-state index contributed by atoms with van der Waals surface area (Å²) in [4.78, 5) is 6.42. The van der Waals surface area contributed by atoms with Crippen molar-refractivity contribution in [1.82, 2.24) is 20.0 Å². The van der Waals surface area contributed by atoms with Crippen molar-refractivity contribution in [2.75, 3.05) is 14.1 Å². The standard InChI is InChI=1S/C15H20BrN5.HI/c1-17-15(18-10-13-8-9-19-21(13)3)20(2)11-12-6-4-5-7-14(12)16;/h4-9H,10-11H2,1-3H3,(H,17,18);1H. The van der Waals surface area contributed by atoms with Gasteiger partial charge in [0.1, 0.15) is 0 Å². The average Bonchev–Trinajstić information content (AvgIpc) is 2.88. The third-order valence-corrected chi connectivity index (χ3v) is 4.06. The molecule has 0 saturated heterocycles. The Morgan fingerprint density at radius 1 is 1.36 bits per heavy atom. The minimum Gasteiger partial charge on any atom is -0.351 e. The summed E-state index contributed by atoms with van der Waals surface area (Å²) in [6.07, 6.45) is 1.80. The number of aromatic nitrogens is 2. The molecule has 1 N–H and O–H groups in total. The molecule has 2 aromatic rings. The van der Waals surface area contributed by atoms with Crippen molar-refractivity contribution in [2.24, 2.45) is 12.0 Å². The predicted molar refractivity (Wildman–Crippen MR) is 104 cm³/mol. The van der Waals surface area contributed by atoms with Crippen molar-refractivity contribution in [3.05, 3.63) is 52.3 Å². The van der Waals surface area contributed by atoms with Gasteiger partial charge in [-0.15, -0.1) is 24.0 Å². The average molecular weight is 478 g/mol. The highest BCUT2D eigenvalue weighted by molar-refractivity contribution is 14.0. The molecule has 0 aliphatic carbocycles. The van der Waals surface area contributed by atoms with Gasteiger partial charge in [0.2, 0.25) is 0 Å². The molecule has 0 fully saturated rings. The van der Waals surface area contributed by atoms with Crippen molar-refractivity contribution >= 4 is 45.9 Å². The van der Waals surface area contributed by atoms with Gasteiger partial charge in [-0.3, -0.25) is 9.67 Å². The third-order valence-electron chi connectivity index (χ3n) is 3.29. The van der Waals surface area contributed by atoms with E-state index in [2.05, 4.69) is 48.4 Å². The van der Waals surface area contributed by atoms with E-state index in [9.17, 15) is 0 Å². The lowest BCUT2D eigenvalue weighted by atomic mass is 10.2. The fourth-order valence-corrected chi connectivity index (χ4v) is 2.50. The monoisotopic (exact) mass is 477 g/mol. The van der Waals surface area contributed by atoms with Crippen LogP contribution >= 0.6 is 39.9 Å². The van der Waals surface area contributed by atoms with Crippen molar-refractivity contribution in [2.45, 2.75) is 13.1 Å². The van der Waals surface area contributed by atoms with Crippen LogP contribution in [0.1, 0.15) is 11.3 Å². The van der Waals surface area contributed by atoms with Crippen molar-refractivity contribution in [3.63, 3.8) is 0 Å². The lowest BCUT2D eigenvalue weighted by Crippen LogP contribution is -2.38. The molecule has 22 heavy (non-hydrogen) atoms. The molecule has 5 nitrogen and oxygen atoms in total. The topological polar surface area (TPSA) is 45.5 Å². The van der Waals surface area contributed by atoms with E-state index in [4.69, 9.17) is 0 Å². The molecule has 0 spiro atoms. The van der Waals surface area contributed by atoms with Gasteiger partial charge in [0, 0.05) is 38.4 Å². The molecule has 0 amide bonds. The number of hydrogen-bond acceptors (Lipinski definition) is 2. The zero-order chi connectivity index (χ0) is 15.2.